The Morgan fingerprint density at radius 3 is 2.60 bits per heavy atom. The molecule has 0 aliphatic heterocycles. The fourth-order valence-corrected chi connectivity index (χ4v) is 2.32. The van der Waals surface area contributed by atoms with Gasteiger partial charge in [-0.05, 0) is 36.2 Å². The Hall–Kier alpha value is -2.80. The standard InChI is InChI=1S/C17H18ClN3O4/c1-2-3-12-4-7-14(8-5-12)25-11-19-17(22)20-13-6-9-15(18)16(10-13)21(23)24/h4-10H,2-3,11H2,1H3,(H2,19,20,22). The van der Waals surface area contributed by atoms with Crippen molar-refractivity contribution < 1.29 is 14.5 Å². The SMILES string of the molecule is CCCc1ccc(OCNC(=O)Nc2ccc(Cl)c([N+](=O)[O-])c2)cc1. The minimum absolute atomic E-state index is 0.00538. The van der Waals surface area contributed by atoms with Gasteiger partial charge in [-0.2, -0.15) is 0 Å². The van der Waals surface area contributed by atoms with E-state index in [1.54, 1.807) is 0 Å². The third kappa shape index (κ3) is 5.65. The molecule has 0 bridgehead atoms. The number of benzene rings is 2. The first kappa shape index (κ1) is 18.5. The molecule has 2 N–H and O–H groups in total. The van der Waals surface area contributed by atoms with Crippen molar-refractivity contribution in [1.82, 2.24) is 5.32 Å². The van der Waals surface area contributed by atoms with Gasteiger partial charge in [0.25, 0.3) is 5.69 Å². The van der Waals surface area contributed by atoms with Gasteiger partial charge in [0, 0.05) is 11.8 Å². The summed E-state index contributed by atoms with van der Waals surface area (Å²) in [6.07, 6.45) is 2.08. The number of aryl methyl sites for hydroxylation is 1. The summed E-state index contributed by atoms with van der Waals surface area (Å²) < 4.78 is 5.43. The van der Waals surface area contributed by atoms with Crippen molar-refractivity contribution in [2.45, 2.75) is 19.8 Å². The molecule has 0 aliphatic carbocycles. The van der Waals surface area contributed by atoms with E-state index in [4.69, 9.17) is 16.3 Å². The zero-order valence-corrected chi connectivity index (χ0v) is 14.4. The molecular weight excluding hydrogens is 346 g/mol. The third-order valence-electron chi connectivity index (χ3n) is 3.33. The largest absolute Gasteiger partial charge is 0.473 e. The molecule has 132 valence electrons. The minimum atomic E-state index is -0.614. The fourth-order valence-electron chi connectivity index (χ4n) is 2.13. The van der Waals surface area contributed by atoms with Crippen LogP contribution in [0.5, 0.6) is 5.75 Å². The van der Waals surface area contributed by atoms with Gasteiger partial charge in [0.15, 0.2) is 6.73 Å². The average molecular weight is 364 g/mol. The van der Waals surface area contributed by atoms with E-state index >= 15 is 0 Å². The van der Waals surface area contributed by atoms with E-state index in [1.165, 1.54) is 23.8 Å². The summed E-state index contributed by atoms with van der Waals surface area (Å²) in [6, 6.07) is 11.1. The lowest BCUT2D eigenvalue weighted by Crippen LogP contribution is -2.32. The Kier molecular flexibility index (Phi) is 6.59. The quantitative estimate of drug-likeness (QED) is 0.434. The molecule has 0 fully saturated rings. The minimum Gasteiger partial charge on any atom is -0.473 e. The van der Waals surface area contributed by atoms with Crippen molar-refractivity contribution in [3.05, 3.63) is 63.2 Å². The van der Waals surface area contributed by atoms with Crippen LogP contribution in [0, 0.1) is 10.1 Å². The second kappa shape index (κ2) is 8.89. The Morgan fingerprint density at radius 2 is 1.96 bits per heavy atom. The highest BCUT2D eigenvalue weighted by atomic mass is 35.5. The molecule has 2 aromatic carbocycles. The lowest BCUT2D eigenvalue weighted by atomic mass is 10.1. The lowest BCUT2D eigenvalue weighted by Gasteiger charge is -2.10. The molecule has 2 aromatic rings. The Balaban J connectivity index is 1.82. The lowest BCUT2D eigenvalue weighted by molar-refractivity contribution is -0.384. The molecule has 7 nitrogen and oxygen atoms in total. The van der Waals surface area contributed by atoms with E-state index in [9.17, 15) is 14.9 Å². The molecule has 0 saturated carbocycles. The van der Waals surface area contributed by atoms with Crippen molar-refractivity contribution >= 4 is 29.0 Å². The van der Waals surface area contributed by atoms with E-state index in [0.717, 1.165) is 12.8 Å². The number of anilines is 1. The van der Waals surface area contributed by atoms with E-state index in [1.807, 2.05) is 24.3 Å². The third-order valence-corrected chi connectivity index (χ3v) is 3.65. The van der Waals surface area contributed by atoms with Crippen molar-refractivity contribution in [2.24, 2.45) is 0 Å². The molecule has 25 heavy (non-hydrogen) atoms. The summed E-state index contributed by atoms with van der Waals surface area (Å²) in [6.45, 7) is 2.08. The summed E-state index contributed by atoms with van der Waals surface area (Å²) in [4.78, 5) is 22.0. The highest BCUT2D eigenvalue weighted by Gasteiger charge is 2.13. The second-order valence-electron chi connectivity index (χ2n) is 5.24. The Labute approximate surface area is 150 Å². The summed E-state index contributed by atoms with van der Waals surface area (Å²) in [7, 11) is 0. The zero-order chi connectivity index (χ0) is 18.2. The molecule has 0 radical (unpaired) electrons. The van der Waals surface area contributed by atoms with Gasteiger partial charge >= 0.3 is 6.03 Å². The molecule has 8 heteroatoms. The molecule has 2 amide bonds. The van der Waals surface area contributed by atoms with Gasteiger partial charge in [-0.15, -0.1) is 0 Å². The maximum absolute atomic E-state index is 11.8. The highest BCUT2D eigenvalue weighted by Crippen LogP contribution is 2.27. The summed E-state index contributed by atoms with van der Waals surface area (Å²) in [5.74, 6) is 0.641. The van der Waals surface area contributed by atoms with Crippen LogP contribution in [0.4, 0.5) is 16.2 Å². The van der Waals surface area contributed by atoms with Gasteiger partial charge in [-0.3, -0.25) is 10.1 Å². The van der Waals surface area contributed by atoms with Crippen LogP contribution < -0.4 is 15.4 Å². The van der Waals surface area contributed by atoms with Crippen LogP contribution in [-0.2, 0) is 6.42 Å². The number of hydrogen-bond acceptors (Lipinski definition) is 4. The fraction of sp³-hybridized carbons (Fsp3) is 0.235. The number of urea groups is 1. The van der Waals surface area contributed by atoms with Crippen LogP contribution in [0.3, 0.4) is 0 Å². The predicted octanol–water partition coefficient (Wildman–Crippen LogP) is 4.36. The number of amides is 2. The van der Waals surface area contributed by atoms with Gasteiger partial charge in [-0.25, -0.2) is 4.79 Å². The number of halogens is 1. The van der Waals surface area contributed by atoms with Crippen molar-refractivity contribution in [3.63, 3.8) is 0 Å². The van der Waals surface area contributed by atoms with Crippen molar-refractivity contribution in [1.29, 1.82) is 0 Å². The average Bonchev–Trinajstić information content (AvgIpc) is 2.58. The molecule has 0 aliphatic rings. The molecule has 0 spiro atoms. The summed E-state index contributed by atoms with van der Waals surface area (Å²) >= 11 is 5.72. The van der Waals surface area contributed by atoms with Crippen LogP contribution in [0.1, 0.15) is 18.9 Å². The normalized spacial score (nSPS) is 10.2. The van der Waals surface area contributed by atoms with E-state index < -0.39 is 11.0 Å². The zero-order valence-electron chi connectivity index (χ0n) is 13.6. The Morgan fingerprint density at radius 1 is 1.24 bits per heavy atom. The first-order valence-corrected chi connectivity index (χ1v) is 8.08. The van der Waals surface area contributed by atoms with E-state index in [-0.39, 0.29) is 23.1 Å². The van der Waals surface area contributed by atoms with Crippen molar-refractivity contribution in [3.8, 4) is 5.75 Å². The number of carbonyl (C=O) groups is 1. The number of carbonyl (C=O) groups excluding carboxylic acids is 1. The number of nitrogens with one attached hydrogen (secondary N) is 2. The van der Waals surface area contributed by atoms with E-state index in [0.29, 0.717) is 5.75 Å². The first-order valence-electron chi connectivity index (χ1n) is 7.70. The number of nitrogens with zero attached hydrogens (tertiary/aromatic N) is 1. The number of nitro benzene ring substituents is 1. The molecule has 0 saturated heterocycles. The van der Waals surface area contributed by atoms with Crippen molar-refractivity contribution in [2.75, 3.05) is 12.0 Å². The molecular formula is C17H18ClN3O4. The van der Waals surface area contributed by atoms with E-state index in [2.05, 4.69) is 17.6 Å². The molecule has 0 aromatic heterocycles. The van der Waals surface area contributed by atoms with Crippen LogP contribution in [0.2, 0.25) is 5.02 Å². The maximum atomic E-state index is 11.8. The Bertz CT molecular complexity index is 750. The number of ether oxygens (including phenoxy) is 1. The first-order chi connectivity index (χ1) is 12.0. The monoisotopic (exact) mass is 363 g/mol. The van der Waals surface area contributed by atoms with Crippen LogP contribution in [0.15, 0.2) is 42.5 Å². The van der Waals surface area contributed by atoms with Gasteiger partial charge in [-0.1, -0.05) is 37.1 Å². The van der Waals surface area contributed by atoms with Gasteiger partial charge in [0.1, 0.15) is 10.8 Å². The summed E-state index contributed by atoms with van der Waals surface area (Å²) in [5.41, 5.74) is 1.21. The highest BCUT2D eigenvalue weighted by molar-refractivity contribution is 6.32. The number of rotatable bonds is 7. The number of hydrogen-bond donors (Lipinski definition) is 2. The van der Waals surface area contributed by atoms with Crippen LogP contribution in [-0.4, -0.2) is 17.7 Å². The summed E-state index contributed by atoms with van der Waals surface area (Å²) in [5, 5.41) is 15.8. The second-order valence-corrected chi connectivity index (χ2v) is 5.64. The van der Waals surface area contributed by atoms with Crippen LogP contribution >= 0.6 is 11.6 Å². The molecule has 0 atom stereocenters. The van der Waals surface area contributed by atoms with Crippen LogP contribution in [0.25, 0.3) is 0 Å². The van der Waals surface area contributed by atoms with Gasteiger partial charge in [0.2, 0.25) is 0 Å². The predicted molar refractivity (Wildman–Crippen MR) is 96.2 cm³/mol. The molecule has 0 unspecified atom stereocenters. The molecule has 0 heterocycles. The van der Waals surface area contributed by atoms with Gasteiger partial charge < -0.3 is 15.4 Å². The van der Waals surface area contributed by atoms with Gasteiger partial charge in [0.05, 0.1) is 4.92 Å². The number of nitro groups is 1. The topological polar surface area (TPSA) is 93.5 Å². The maximum Gasteiger partial charge on any atom is 0.321 e. The smallest absolute Gasteiger partial charge is 0.321 e. The molecule has 2 rings (SSSR count).